The number of hydrogen-bond donors (Lipinski definition) is 1. The quantitative estimate of drug-likeness (QED) is 0.676. The number of thiophene rings is 1. The number of benzene rings is 1. The lowest BCUT2D eigenvalue weighted by atomic mass is 10.1. The maximum atomic E-state index is 6.13. The second-order valence-electron chi connectivity index (χ2n) is 5.51. The number of nitrogens with zero attached hydrogens (tertiary/aromatic N) is 2. The van der Waals surface area contributed by atoms with Crippen LogP contribution in [0.4, 0.5) is 11.5 Å². The van der Waals surface area contributed by atoms with E-state index in [1.54, 1.807) is 11.3 Å². The minimum atomic E-state index is 0.309. The fourth-order valence-electron chi connectivity index (χ4n) is 3.14. The molecular weight excluding hydrogens is 314 g/mol. The van der Waals surface area contributed by atoms with E-state index in [0.717, 1.165) is 41.0 Å². The lowest BCUT2D eigenvalue weighted by molar-refractivity contribution is 0.917. The topological polar surface area (TPSA) is 37.8 Å². The van der Waals surface area contributed by atoms with E-state index in [0.29, 0.717) is 5.28 Å². The van der Waals surface area contributed by atoms with Crippen molar-refractivity contribution in [1.82, 2.24) is 9.97 Å². The number of anilines is 2. The molecule has 3 aromatic rings. The molecule has 0 bridgehead atoms. The SMILES string of the molecule is CCc1ccccc1Nc1nc(Cl)nc2sc3c(c12)CCC3. The number of aryl methyl sites for hydroxylation is 3. The third kappa shape index (κ3) is 2.27. The Balaban J connectivity index is 1.87. The van der Waals surface area contributed by atoms with Gasteiger partial charge in [-0.25, -0.2) is 4.98 Å². The molecule has 4 rings (SSSR count). The first kappa shape index (κ1) is 14.0. The van der Waals surface area contributed by atoms with E-state index in [4.69, 9.17) is 11.6 Å². The van der Waals surface area contributed by atoms with Crippen LogP contribution >= 0.6 is 22.9 Å². The summed E-state index contributed by atoms with van der Waals surface area (Å²) < 4.78 is 0. The van der Waals surface area contributed by atoms with E-state index in [1.165, 1.54) is 22.4 Å². The van der Waals surface area contributed by atoms with Gasteiger partial charge in [0, 0.05) is 10.6 Å². The fourth-order valence-corrected chi connectivity index (χ4v) is 4.62. The van der Waals surface area contributed by atoms with Crippen LogP contribution in [0.25, 0.3) is 10.2 Å². The first-order valence-electron chi connectivity index (χ1n) is 7.59. The van der Waals surface area contributed by atoms with Crippen molar-refractivity contribution in [2.45, 2.75) is 32.6 Å². The molecule has 1 N–H and O–H groups in total. The van der Waals surface area contributed by atoms with E-state index < -0.39 is 0 Å². The van der Waals surface area contributed by atoms with Crippen LogP contribution in [0.1, 0.15) is 29.3 Å². The Morgan fingerprint density at radius 2 is 2.09 bits per heavy atom. The van der Waals surface area contributed by atoms with Crippen molar-refractivity contribution in [1.29, 1.82) is 0 Å². The van der Waals surface area contributed by atoms with Gasteiger partial charge in [0.15, 0.2) is 0 Å². The highest BCUT2D eigenvalue weighted by atomic mass is 35.5. The van der Waals surface area contributed by atoms with Gasteiger partial charge < -0.3 is 5.32 Å². The van der Waals surface area contributed by atoms with E-state index in [2.05, 4.69) is 40.4 Å². The van der Waals surface area contributed by atoms with Crippen molar-refractivity contribution in [3.63, 3.8) is 0 Å². The van der Waals surface area contributed by atoms with E-state index in [1.807, 2.05) is 6.07 Å². The molecule has 0 aliphatic heterocycles. The van der Waals surface area contributed by atoms with E-state index in [-0.39, 0.29) is 0 Å². The van der Waals surface area contributed by atoms with Crippen molar-refractivity contribution >= 4 is 44.7 Å². The van der Waals surface area contributed by atoms with Crippen LogP contribution in [0.3, 0.4) is 0 Å². The van der Waals surface area contributed by atoms with Crippen LogP contribution in [0.5, 0.6) is 0 Å². The molecule has 0 radical (unpaired) electrons. The van der Waals surface area contributed by atoms with Crippen LogP contribution in [0, 0.1) is 0 Å². The normalized spacial score (nSPS) is 13.5. The molecule has 22 heavy (non-hydrogen) atoms. The molecule has 1 aromatic carbocycles. The molecule has 0 fully saturated rings. The van der Waals surface area contributed by atoms with Gasteiger partial charge in [-0.15, -0.1) is 11.3 Å². The number of halogens is 1. The Hall–Kier alpha value is -1.65. The van der Waals surface area contributed by atoms with Crippen molar-refractivity contribution in [2.75, 3.05) is 5.32 Å². The number of para-hydroxylation sites is 1. The fraction of sp³-hybridized carbons (Fsp3) is 0.294. The first-order chi connectivity index (χ1) is 10.8. The maximum Gasteiger partial charge on any atom is 0.225 e. The van der Waals surface area contributed by atoms with Gasteiger partial charge in [0.25, 0.3) is 0 Å². The minimum Gasteiger partial charge on any atom is -0.339 e. The molecule has 5 heteroatoms. The molecule has 3 nitrogen and oxygen atoms in total. The standard InChI is InChI=1S/C17H16ClN3S/c1-2-10-6-3-4-8-12(10)19-15-14-11-7-5-9-13(11)22-16(14)21-17(18)20-15/h3-4,6,8H,2,5,7,9H2,1H3,(H,19,20,21). The molecule has 1 aliphatic carbocycles. The predicted octanol–water partition coefficient (Wildman–Crippen LogP) is 5.14. The summed E-state index contributed by atoms with van der Waals surface area (Å²) in [7, 11) is 0. The van der Waals surface area contributed by atoms with Crippen molar-refractivity contribution < 1.29 is 0 Å². The van der Waals surface area contributed by atoms with Gasteiger partial charge in [0.1, 0.15) is 10.6 Å². The third-order valence-corrected chi connectivity index (χ3v) is 5.54. The zero-order valence-electron chi connectivity index (χ0n) is 12.3. The Bertz CT molecular complexity index is 856. The zero-order chi connectivity index (χ0) is 15.1. The van der Waals surface area contributed by atoms with Crippen LogP contribution in [-0.4, -0.2) is 9.97 Å². The number of fused-ring (bicyclic) bond motifs is 3. The molecule has 0 saturated heterocycles. The summed E-state index contributed by atoms with van der Waals surface area (Å²) in [5.41, 5.74) is 3.78. The highest BCUT2D eigenvalue weighted by molar-refractivity contribution is 7.19. The number of nitrogens with one attached hydrogen (secondary N) is 1. The zero-order valence-corrected chi connectivity index (χ0v) is 13.9. The Labute approximate surface area is 138 Å². The molecule has 0 amide bonds. The molecule has 0 spiro atoms. The average molecular weight is 330 g/mol. The summed E-state index contributed by atoms with van der Waals surface area (Å²) in [6.45, 7) is 2.16. The molecule has 1 aliphatic rings. The Kier molecular flexibility index (Phi) is 3.51. The molecule has 112 valence electrons. The second kappa shape index (κ2) is 5.52. The van der Waals surface area contributed by atoms with Crippen LogP contribution in [0.15, 0.2) is 24.3 Å². The molecule has 0 atom stereocenters. The average Bonchev–Trinajstić information content (AvgIpc) is 3.07. The highest BCUT2D eigenvalue weighted by Gasteiger charge is 2.22. The number of rotatable bonds is 3. The van der Waals surface area contributed by atoms with Crippen molar-refractivity contribution in [3.05, 3.63) is 45.6 Å². The molecule has 0 unspecified atom stereocenters. The van der Waals surface area contributed by atoms with Crippen LogP contribution < -0.4 is 5.32 Å². The second-order valence-corrected chi connectivity index (χ2v) is 6.94. The minimum absolute atomic E-state index is 0.309. The highest BCUT2D eigenvalue weighted by Crippen LogP contribution is 2.40. The van der Waals surface area contributed by atoms with Gasteiger partial charge in [-0.2, -0.15) is 4.98 Å². The molecule has 2 aromatic heterocycles. The smallest absolute Gasteiger partial charge is 0.225 e. The van der Waals surface area contributed by atoms with Crippen LogP contribution in [-0.2, 0) is 19.3 Å². The monoisotopic (exact) mass is 329 g/mol. The van der Waals surface area contributed by atoms with Gasteiger partial charge >= 0.3 is 0 Å². The van der Waals surface area contributed by atoms with Gasteiger partial charge in [0.2, 0.25) is 5.28 Å². The first-order valence-corrected chi connectivity index (χ1v) is 8.78. The van der Waals surface area contributed by atoms with Crippen LogP contribution in [0.2, 0.25) is 5.28 Å². The molecular formula is C17H16ClN3S. The van der Waals surface area contributed by atoms with Gasteiger partial charge in [-0.3, -0.25) is 0 Å². The van der Waals surface area contributed by atoms with Gasteiger partial charge in [0.05, 0.1) is 5.39 Å². The van der Waals surface area contributed by atoms with Gasteiger partial charge in [-0.05, 0) is 54.5 Å². The summed E-state index contributed by atoms with van der Waals surface area (Å²) in [5.74, 6) is 0.843. The van der Waals surface area contributed by atoms with E-state index in [9.17, 15) is 0 Å². The Morgan fingerprint density at radius 1 is 1.23 bits per heavy atom. The number of aromatic nitrogens is 2. The predicted molar refractivity (Wildman–Crippen MR) is 93.6 cm³/mol. The lowest BCUT2D eigenvalue weighted by Crippen LogP contribution is -1.99. The largest absolute Gasteiger partial charge is 0.339 e. The Morgan fingerprint density at radius 3 is 2.95 bits per heavy atom. The summed E-state index contributed by atoms with van der Waals surface area (Å²) in [4.78, 5) is 11.3. The summed E-state index contributed by atoms with van der Waals surface area (Å²) >= 11 is 7.89. The van der Waals surface area contributed by atoms with Crippen molar-refractivity contribution in [3.8, 4) is 0 Å². The molecule has 2 heterocycles. The van der Waals surface area contributed by atoms with Crippen molar-refractivity contribution in [2.24, 2.45) is 0 Å². The molecule has 0 saturated carbocycles. The summed E-state index contributed by atoms with van der Waals surface area (Å²) in [5, 5.41) is 4.96. The summed E-state index contributed by atoms with van der Waals surface area (Å²) in [6.07, 6.45) is 4.47. The van der Waals surface area contributed by atoms with Gasteiger partial charge in [-0.1, -0.05) is 25.1 Å². The van der Waals surface area contributed by atoms with E-state index >= 15 is 0 Å². The number of hydrogen-bond acceptors (Lipinski definition) is 4. The third-order valence-electron chi connectivity index (χ3n) is 4.19. The lowest BCUT2D eigenvalue weighted by Gasteiger charge is -2.12. The maximum absolute atomic E-state index is 6.13. The summed E-state index contributed by atoms with van der Waals surface area (Å²) in [6, 6.07) is 8.34.